The van der Waals surface area contributed by atoms with Gasteiger partial charge in [0, 0.05) is 42.4 Å². The van der Waals surface area contributed by atoms with Crippen molar-refractivity contribution in [3.8, 4) is 0 Å². The minimum atomic E-state index is -0.0941. The number of hydrogen-bond acceptors (Lipinski definition) is 4. The standard InChI is InChI=1S/C26H35N3O2/c30-25(21-9-3-1-4-10-21)22-13-15-23(16-14-22)26(31)29-18-8-7-17-27-19-20-28-24-11-5-2-6-12-24/h1,3-4,9-10,13-16,24,27-28H,2,5-8,11-12,17-20H2,(H,29,31). The molecule has 1 aliphatic carbocycles. The van der Waals surface area contributed by atoms with Gasteiger partial charge in [0.15, 0.2) is 5.78 Å². The number of carbonyl (C=O) groups excluding carboxylic acids is 2. The van der Waals surface area contributed by atoms with Crippen LogP contribution in [0.1, 0.15) is 71.2 Å². The summed E-state index contributed by atoms with van der Waals surface area (Å²) in [6.07, 6.45) is 8.76. The van der Waals surface area contributed by atoms with Gasteiger partial charge in [0.2, 0.25) is 0 Å². The van der Waals surface area contributed by atoms with E-state index in [1.54, 1.807) is 36.4 Å². The van der Waals surface area contributed by atoms with Gasteiger partial charge in [-0.15, -0.1) is 0 Å². The molecular weight excluding hydrogens is 386 g/mol. The maximum absolute atomic E-state index is 12.4. The van der Waals surface area contributed by atoms with Crippen molar-refractivity contribution in [1.29, 1.82) is 0 Å². The van der Waals surface area contributed by atoms with Crippen molar-refractivity contribution in [3.63, 3.8) is 0 Å². The Labute approximate surface area is 186 Å². The van der Waals surface area contributed by atoms with E-state index >= 15 is 0 Å². The zero-order chi connectivity index (χ0) is 21.7. The Morgan fingerprint density at radius 1 is 0.710 bits per heavy atom. The molecule has 0 atom stereocenters. The maximum Gasteiger partial charge on any atom is 0.251 e. The quantitative estimate of drug-likeness (QED) is 0.359. The Morgan fingerprint density at radius 3 is 2.10 bits per heavy atom. The van der Waals surface area contributed by atoms with E-state index in [1.165, 1.54) is 32.1 Å². The Kier molecular flexibility index (Phi) is 9.74. The van der Waals surface area contributed by atoms with Crippen LogP contribution in [0.3, 0.4) is 0 Å². The predicted octanol–water partition coefficient (Wildman–Crippen LogP) is 3.94. The van der Waals surface area contributed by atoms with E-state index in [1.807, 2.05) is 18.2 Å². The first-order chi connectivity index (χ1) is 15.2. The molecule has 1 amide bonds. The number of hydrogen-bond donors (Lipinski definition) is 3. The summed E-state index contributed by atoms with van der Waals surface area (Å²) in [5.74, 6) is -0.127. The first-order valence-corrected chi connectivity index (χ1v) is 11.7. The van der Waals surface area contributed by atoms with E-state index in [4.69, 9.17) is 0 Å². The first-order valence-electron chi connectivity index (χ1n) is 11.7. The first kappa shape index (κ1) is 23.2. The highest BCUT2D eigenvalue weighted by Crippen LogP contribution is 2.17. The summed E-state index contributed by atoms with van der Waals surface area (Å²) >= 11 is 0. The van der Waals surface area contributed by atoms with Gasteiger partial charge in [0.1, 0.15) is 0 Å². The Bertz CT molecular complexity index is 799. The number of carbonyl (C=O) groups is 2. The summed E-state index contributed by atoms with van der Waals surface area (Å²) in [5, 5.41) is 10.1. The molecule has 0 unspecified atom stereocenters. The minimum Gasteiger partial charge on any atom is -0.352 e. The molecule has 2 aromatic rings. The third kappa shape index (κ3) is 7.93. The molecule has 0 heterocycles. The Hall–Kier alpha value is -2.50. The summed E-state index contributed by atoms with van der Waals surface area (Å²) in [4.78, 5) is 24.7. The highest BCUT2D eigenvalue weighted by molar-refractivity contribution is 6.09. The summed E-state index contributed by atoms with van der Waals surface area (Å²) < 4.78 is 0. The molecule has 31 heavy (non-hydrogen) atoms. The fraction of sp³-hybridized carbons (Fsp3) is 0.462. The van der Waals surface area contributed by atoms with Gasteiger partial charge in [-0.05, 0) is 44.4 Å². The molecule has 0 aliphatic heterocycles. The van der Waals surface area contributed by atoms with Gasteiger partial charge in [0.05, 0.1) is 0 Å². The highest BCUT2D eigenvalue weighted by Gasteiger charge is 2.12. The lowest BCUT2D eigenvalue weighted by Gasteiger charge is -2.22. The van der Waals surface area contributed by atoms with Crippen molar-refractivity contribution < 1.29 is 9.59 Å². The van der Waals surface area contributed by atoms with Crippen molar-refractivity contribution in [1.82, 2.24) is 16.0 Å². The molecule has 166 valence electrons. The Morgan fingerprint density at radius 2 is 1.35 bits per heavy atom. The molecule has 0 saturated heterocycles. The minimum absolute atomic E-state index is 0.0333. The molecule has 3 N–H and O–H groups in total. The normalized spacial score (nSPS) is 14.3. The molecule has 3 rings (SSSR count). The zero-order valence-electron chi connectivity index (χ0n) is 18.4. The lowest BCUT2D eigenvalue weighted by Crippen LogP contribution is -2.36. The lowest BCUT2D eigenvalue weighted by molar-refractivity contribution is 0.0951. The monoisotopic (exact) mass is 421 g/mol. The van der Waals surface area contributed by atoms with Crippen LogP contribution in [0.2, 0.25) is 0 Å². The summed E-state index contributed by atoms with van der Waals surface area (Å²) in [5.41, 5.74) is 1.82. The number of amides is 1. The number of ketones is 1. The van der Waals surface area contributed by atoms with Crippen LogP contribution in [0.4, 0.5) is 0 Å². The second kappa shape index (κ2) is 13.0. The third-order valence-corrected chi connectivity index (χ3v) is 5.85. The van der Waals surface area contributed by atoms with E-state index in [0.717, 1.165) is 38.5 Å². The molecular formula is C26H35N3O2. The van der Waals surface area contributed by atoms with Crippen LogP contribution in [-0.2, 0) is 0 Å². The molecule has 0 spiro atoms. The topological polar surface area (TPSA) is 70.2 Å². The summed E-state index contributed by atoms with van der Waals surface area (Å²) in [6.45, 7) is 3.66. The average molecular weight is 422 g/mol. The van der Waals surface area contributed by atoms with E-state index in [-0.39, 0.29) is 11.7 Å². The molecule has 5 heteroatoms. The van der Waals surface area contributed by atoms with E-state index < -0.39 is 0 Å². The number of benzene rings is 2. The van der Waals surface area contributed by atoms with Crippen molar-refractivity contribution >= 4 is 11.7 Å². The van der Waals surface area contributed by atoms with Gasteiger partial charge in [-0.2, -0.15) is 0 Å². The van der Waals surface area contributed by atoms with E-state index in [2.05, 4.69) is 16.0 Å². The van der Waals surface area contributed by atoms with Crippen LogP contribution in [-0.4, -0.2) is 43.9 Å². The zero-order valence-corrected chi connectivity index (χ0v) is 18.4. The van der Waals surface area contributed by atoms with Crippen LogP contribution in [0, 0.1) is 0 Å². The van der Waals surface area contributed by atoms with Crippen molar-refractivity contribution in [2.24, 2.45) is 0 Å². The number of nitrogens with one attached hydrogen (secondary N) is 3. The van der Waals surface area contributed by atoms with Gasteiger partial charge in [0.25, 0.3) is 5.91 Å². The molecule has 0 radical (unpaired) electrons. The van der Waals surface area contributed by atoms with Crippen LogP contribution in [0.5, 0.6) is 0 Å². The fourth-order valence-electron chi connectivity index (χ4n) is 4.00. The lowest BCUT2D eigenvalue weighted by atomic mass is 9.95. The van der Waals surface area contributed by atoms with Crippen LogP contribution in [0.25, 0.3) is 0 Å². The van der Waals surface area contributed by atoms with Gasteiger partial charge >= 0.3 is 0 Å². The van der Waals surface area contributed by atoms with Gasteiger partial charge in [-0.3, -0.25) is 9.59 Å². The molecule has 1 fully saturated rings. The molecule has 1 aliphatic rings. The van der Waals surface area contributed by atoms with Gasteiger partial charge in [-0.25, -0.2) is 0 Å². The maximum atomic E-state index is 12.4. The number of rotatable bonds is 12. The number of unbranched alkanes of at least 4 members (excludes halogenated alkanes) is 1. The average Bonchev–Trinajstić information content (AvgIpc) is 2.83. The van der Waals surface area contributed by atoms with E-state index in [9.17, 15) is 9.59 Å². The molecule has 0 bridgehead atoms. The Balaban J connectivity index is 1.25. The third-order valence-electron chi connectivity index (χ3n) is 5.85. The van der Waals surface area contributed by atoms with Crippen molar-refractivity contribution in [2.75, 3.05) is 26.2 Å². The van der Waals surface area contributed by atoms with Crippen molar-refractivity contribution in [3.05, 3.63) is 71.3 Å². The predicted molar refractivity (Wildman–Crippen MR) is 126 cm³/mol. The fourth-order valence-corrected chi connectivity index (χ4v) is 4.00. The molecule has 0 aromatic heterocycles. The van der Waals surface area contributed by atoms with Crippen LogP contribution in [0.15, 0.2) is 54.6 Å². The van der Waals surface area contributed by atoms with Gasteiger partial charge < -0.3 is 16.0 Å². The van der Waals surface area contributed by atoms with E-state index in [0.29, 0.717) is 23.2 Å². The molecule has 1 saturated carbocycles. The highest BCUT2D eigenvalue weighted by atomic mass is 16.1. The van der Waals surface area contributed by atoms with Crippen LogP contribution < -0.4 is 16.0 Å². The summed E-state index contributed by atoms with van der Waals surface area (Å²) in [7, 11) is 0. The van der Waals surface area contributed by atoms with Gasteiger partial charge in [-0.1, -0.05) is 61.7 Å². The van der Waals surface area contributed by atoms with Crippen molar-refractivity contribution in [2.45, 2.75) is 51.0 Å². The second-order valence-electron chi connectivity index (χ2n) is 8.27. The SMILES string of the molecule is O=C(NCCCCNCCNC1CCCCC1)c1ccc(C(=O)c2ccccc2)cc1. The second-order valence-corrected chi connectivity index (χ2v) is 8.27. The molecule has 5 nitrogen and oxygen atoms in total. The van der Waals surface area contributed by atoms with Crippen LogP contribution >= 0.6 is 0 Å². The largest absolute Gasteiger partial charge is 0.352 e. The smallest absolute Gasteiger partial charge is 0.251 e. The molecule has 2 aromatic carbocycles. The summed E-state index contributed by atoms with van der Waals surface area (Å²) in [6, 6.07) is 16.8.